The van der Waals surface area contributed by atoms with Crippen LogP contribution in [-0.4, -0.2) is 47.7 Å². The van der Waals surface area contributed by atoms with Crippen molar-refractivity contribution in [1.82, 2.24) is 10.0 Å². The maximum Gasteiger partial charge on any atom is 0.257 e. The molecule has 9 heteroatoms. The third-order valence-electron chi connectivity index (χ3n) is 3.10. The lowest BCUT2D eigenvalue weighted by Gasteiger charge is -2.12. The molecule has 0 saturated heterocycles. The van der Waals surface area contributed by atoms with Crippen LogP contribution in [0.3, 0.4) is 0 Å². The Kier molecular flexibility index (Phi) is 9.20. The number of hydrogen-bond acceptors (Lipinski definition) is 5. The lowest BCUT2D eigenvalue weighted by Crippen LogP contribution is -2.30. The second kappa shape index (κ2) is 10.6. The fourth-order valence-corrected chi connectivity index (χ4v) is 3.30. The molecule has 0 fully saturated rings. The molecule has 7 nitrogen and oxygen atoms in total. The zero-order valence-corrected chi connectivity index (χ0v) is 16.2. The van der Waals surface area contributed by atoms with E-state index in [1.54, 1.807) is 7.11 Å². The second-order valence-corrected chi connectivity index (χ2v) is 8.00. The number of nitrogens with one attached hydrogen (secondary N) is 2. The van der Waals surface area contributed by atoms with Gasteiger partial charge in [-0.15, -0.1) is 0 Å². The zero-order chi connectivity index (χ0) is 18.9. The summed E-state index contributed by atoms with van der Waals surface area (Å²) >= 11 is 6.06. The highest BCUT2D eigenvalue weighted by molar-refractivity contribution is 7.89. The van der Waals surface area contributed by atoms with Crippen LogP contribution in [0.4, 0.5) is 0 Å². The van der Waals surface area contributed by atoms with E-state index in [9.17, 15) is 13.2 Å². The van der Waals surface area contributed by atoms with Gasteiger partial charge in [0, 0.05) is 26.8 Å². The normalized spacial score (nSPS) is 11.6. The summed E-state index contributed by atoms with van der Waals surface area (Å²) in [6, 6.07) is 4.13. The summed E-state index contributed by atoms with van der Waals surface area (Å²) in [5, 5.41) is 2.80. The fourth-order valence-electron chi connectivity index (χ4n) is 1.76. The Balaban J connectivity index is 2.59. The number of methoxy groups -OCH3 is 1. The monoisotopic (exact) mass is 392 g/mol. The first-order valence-corrected chi connectivity index (χ1v) is 9.80. The molecule has 1 rings (SSSR count). The topological polar surface area (TPSA) is 93.7 Å². The molecule has 0 aromatic heterocycles. The van der Waals surface area contributed by atoms with Crippen molar-refractivity contribution in [3.05, 3.63) is 23.2 Å². The van der Waals surface area contributed by atoms with E-state index < -0.39 is 10.0 Å². The molecule has 0 radical (unpaired) electrons. The minimum absolute atomic E-state index is 0.0505. The molecule has 0 aliphatic heterocycles. The molecule has 1 aromatic carbocycles. The summed E-state index contributed by atoms with van der Waals surface area (Å²) < 4.78 is 37.0. The highest BCUT2D eigenvalue weighted by Crippen LogP contribution is 2.27. The second-order valence-electron chi connectivity index (χ2n) is 5.82. The van der Waals surface area contributed by atoms with Gasteiger partial charge in [-0.25, -0.2) is 13.1 Å². The summed E-state index contributed by atoms with van der Waals surface area (Å²) in [6.07, 6.45) is 0.707. The van der Waals surface area contributed by atoms with Crippen LogP contribution in [0.25, 0.3) is 0 Å². The van der Waals surface area contributed by atoms with E-state index in [1.165, 1.54) is 18.2 Å². The number of ether oxygens (including phenoxy) is 2. The molecule has 1 amide bonds. The minimum atomic E-state index is -3.62. The van der Waals surface area contributed by atoms with Crippen molar-refractivity contribution < 1.29 is 22.7 Å². The molecule has 142 valence electrons. The number of halogens is 1. The van der Waals surface area contributed by atoms with E-state index in [4.69, 9.17) is 21.1 Å². The van der Waals surface area contributed by atoms with E-state index >= 15 is 0 Å². The molecule has 0 unspecified atom stereocenters. The van der Waals surface area contributed by atoms with Gasteiger partial charge in [0.25, 0.3) is 5.91 Å². The van der Waals surface area contributed by atoms with Gasteiger partial charge in [-0.05, 0) is 30.5 Å². The standard InChI is InChI=1S/C16H25ClN2O5S/c1-12(2)10-19-25(21,22)13-5-6-15(14(17)9-13)24-11-16(20)18-7-4-8-23-3/h5-6,9,12,19H,4,7-8,10-11H2,1-3H3,(H,18,20). The van der Waals surface area contributed by atoms with Crippen molar-refractivity contribution in [2.75, 3.05) is 33.4 Å². The maximum absolute atomic E-state index is 12.2. The molecule has 0 heterocycles. The molecule has 0 spiro atoms. The van der Waals surface area contributed by atoms with Gasteiger partial charge in [-0.1, -0.05) is 25.4 Å². The molecular formula is C16H25ClN2O5S. The number of carbonyl (C=O) groups is 1. The van der Waals surface area contributed by atoms with Crippen molar-refractivity contribution in [2.24, 2.45) is 5.92 Å². The molecule has 25 heavy (non-hydrogen) atoms. The Labute approximate surface area is 154 Å². The van der Waals surface area contributed by atoms with Crippen molar-refractivity contribution >= 4 is 27.5 Å². The quantitative estimate of drug-likeness (QED) is 0.560. The van der Waals surface area contributed by atoms with Crippen LogP contribution in [-0.2, 0) is 19.6 Å². The minimum Gasteiger partial charge on any atom is -0.482 e. The van der Waals surface area contributed by atoms with Gasteiger partial charge in [-0.2, -0.15) is 0 Å². The van der Waals surface area contributed by atoms with Crippen LogP contribution in [0.2, 0.25) is 5.02 Å². The maximum atomic E-state index is 12.2. The summed E-state index contributed by atoms with van der Waals surface area (Å²) in [5.74, 6) is 0.147. The lowest BCUT2D eigenvalue weighted by atomic mass is 10.2. The molecule has 1 aromatic rings. The zero-order valence-electron chi connectivity index (χ0n) is 14.7. The van der Waals surface area contributed by atoms with Crippen LogP contribution >= 0.6 is 11.6 Å². The molecule has 2 N–H and O–H groups in total. The highest BCUT2D eigenvalue weighted by Gasteiger charge is 2.16. The summed E-state index contributed by atoms with van der Waals surface area (Å²) in [5.41, 5.74) is 0. The number of carbonyl (C=O) groups excluding carboxylic acids is 1. The Morgan fingerprint density at radius 1 is 1.32 bits per heavy atom. The fraction of sp³-hybridized carbons (Fsp3) is 0.562. The Hall–Kier alpha value is -1.35. The smallest absolute Gasteiger partial charge is 0.257 e. The number of benzene rings is 1. The lowest BCUT2D eigenvalue weighted by molar-refractivity contribution is -0.123. The molecule has 0 bridgehead atoms. The SMILES string of the molecule is COCCCNC(=O)COc1ccc(S(=O)(=O)NCC(C)C)cc1Cl. The first kappa shape index (κ1) is 21.7. The number of hydrogen-bond donors (Lipinski definition) is 2. The Bertz CT molecular complexity index is 664. The molecular weight excluding hydrogens is 368 g/mol. The van der Waals surface area contributed by atoms with Crippen LogP contribution in [0.1, 0.15) is 20.3 Å². The summed E-state index contributed by atoms with van der Waals surface area (Å²) in [6.45, 7) is 5.00. The summed E-state index contributed by atoms with van der Waals surface area (Å²) in [4.78, 5) is 11.7. The summed E-state index contributed by atoms with van der Waals surface area (Å²) in [7, 11) is -2.03. The number of rotatable bonds is 11. The van der Waals surface area contributed by atoms with E-state index in [0.29, 0.717) is 26.1 Å². The first-order valence-electron chi connectivity index (χ1n) is 7.94. The van der Waals surface area contributed by atoms with Crippen LogP contribution in [0, 0.1) is 5.92 Å². The predicted molar refractivity (Wildman–Crippen MR) is 96.5 cm³/mol. The molecule has 0 aliphatic rings. The van der Waals surface area contributed by atoms with Gasteiger partial charge in [0.1, 0.15) is 5.75 Å². The average molecular weight is 393 g/mol. The largest absolute Gasteiger partial charge is 0.482 e. The number of amides is 1. The van der Waals surface area contributed by atoms with Crippen LogP contribution in [0.15, 0.2) is 23.1 Å². The molecule has 0 saturated carbocycles. The Morgan fingerprint density at radius 3 is 2.64 bits per heavy atom. The van der Waals surface area contributed by atoms with Crippen LogP contribution < -0.4 is 14.8 Å². The van der Waals surface area contributed by atoms with Gasteiger partial charge < -0.3 is 14.8 Å². The molecule has 0 atom stereocenters. The van der Waals surface area contributed by atoms with E-state index in [1.807, 2.05) is 13.8 Å². The average Bonchev–Trinajstić information content (AvgIpc) is 2.56. The van der Waals surface area contributed by atoms with Gasteiger partial charge in [-0.3, -0.25) is 4.79 Å². The van der Waals surface area contributed by atoms with Gasteiger partial charge >= 0.3 is 0 Å². The Morgan fingerprint density at radius 2 is 2.04 bits per heavy atom. The van der Waals surface area contributed by atoms with Gasteiger partial charge in [0.15, 0.2) is 6.61 Å². The van der Waals surface area contributed by atoms with Crippen molar-refractivity contribution in [1.29, 1.82) is 0 Å². The van der Waals surface area contributed by atoms with Crippen molar-refractivity contribution in [3.8, 4) is 5.75 Å². The first-order chi connectivity index (χ1) is 11.8. The van der Waals surface area contributed by atoms with Gasteiger partial charge in [0.05, 0.1) is 9.92 Å². The highest BCUT2D eigenvalue weighted by atomic mass is 35.5. The van der Waals surface area contributed by atoms with Crippen LogP contribution in [0.5, 0.6) is 5.75 Å². The number of sulfonamides is 1. The third-order valence-corrected chi connectivity index (χ3v) is 4.82. The van der Waals surface area contributed by atoms with Gasteiger partial charge in [0.2, 0.25) is 10.0 Å². The van der Waals surface area contributed by atoms with E-state index in [0.717, 1.165) is 0 Å². The van der Waals surface area contributed by atoms with Crippen molar-refractivity contribution in [3.63, 3.8) is 0 Å². The third kappa shape index (κ3) is 8.04. The van der Waals surface area contributed by atoms with E-state index in [2.05, 4.69) is 10.0 Å². The van der Waals surface area contributed by atoms with E-state index in [-0.39, 0.29) is 34.1 Å². The van der Waals surface area contributed by atoms with Crippen molar-refractivity contribution in [2.45, 2.75) is 25.2 Å². The predicted octanol–water partition coefficient (Wildman–Crippen LogP) is 1.81. The molecule has 0 aliphatic carbocycles.